The normalized spacial score (nSPS) is 22.7. The van der Waals surface area contributed by atoms with Gasteiger partial charge < -0.3 is 10.1 Å². The quantitative estimate of drug-likeness (QED) is 0.870. The average Bonchev–Trinajstić information content (AvgIpc) is 2.36. The van der Waals surface area contributed by atoms with E-state index >= 15 is 0 Å². The lowest BCUT2D eigenvalue weighted by Crippen LogP contribution is -2.27. The molecule has 1 N–H and O–H groups in total. The third kappa shape index (κ3) is 2.39. The Balaban J connectivity index is 2.49. The number of benzene rings is 1. The van der Waals surface area contributed by atoms with Crippen LogP contribution in [0, 0.1) is 6.92 Å². The van der Waals surface area contributed by atoms with Gasteiger partial charge in [-0.2, -0.15) is 0 Å². The molecule has 0 radical (unpaired) electrons. The summed E-state index contributed by atoms with van der Waals surface area (Å²) < 4.78 is 5.83. The van der Waals surface area contributed by atoms with E-state index in [1.165, 1.54) is 29.5 Å². The number of fused-ring (bicyclic) bond motifs is 1. The summed E-state index contributed by atoms with van der Waals surface area (Å²) in [4.78, 5) is 0. The number of aryl methyl sites for hydroxylation is 1. The number of nitrogens with one attached hydrogen (secondary N) is 1. The summed E-state index contributed by atoms with van der Waals surface area (Å²) in [5, 5.41) is 3.62. The Kier molecular flexibility index (Phi) is 4.28. The molecule has 0 aromatic heterocycles. The molecule has 1 aliphatic rings. The molecule has 0 spiro atoms. The summed E-state index contributed by atoms with van der Waals surface area (Å²) in [6, 6.07) is 4.84. The molecule has 2 rings (SSSR count). The van der Waals surface area contributed by atoms with Gasteiger partial charge in [0.1, 0.15) is 5.75 Å². The van der Waals surface area contributed by atoms with Crippen LogP contribution >= 0.6 is 0 Å². The first-order valence-corrected chi connectivity index (χ1v) is 7.18. The molecule has 0 saturated heterocycles. The highest BCUT2D eigenvalue weighted by Gasteiger charge is 2.28. The third-order valence-corrected chi connectivity index (χ3v) is 3.95. The molecule has 18 heavy (non-hydrogen) atoms. The molecule has 0 bridgehead atoms. The second-order valence-corrected chi connectivity index (χ2v) is 5.23. The van der Waals surface area contributed by atoms with Crippen molar-refractivity contribution in [3.05, 3.63) is 28.8 Å². The van der Waals surface area contributed by atoms with Gasteiger partial charge in [0.2, 0.25) is 0 Å². The highest BCUT2D eigenvalue weighted by Crippen LogP contribution is 2.43. The van der Waals surface area contributed by atoms with E-state index in [4.69, 9.17) is 4.74 Å². The summed E-state index contributed by atoms with van der Waals surface area (Å²) >= 11 is 0. The zero-order valence-electron chi connectivity index (χ0n) is 12.0. The number of rotatable bonds is 4. The maximum Gasteiger partial charge on any atom is 0.123 e. The van der Waals surface area contributed by atoms with Gasteiger partial charge in [0, 0.05) is 11.6 Å². The first kappa shape index (κ1) is 13.4. The van der Waals surface area contributed by atoms with Crippen LogP contribution in [0.3, 0.4) is 0 Å². The van der Waals surface area contributed by atoms with Crippen LogP contribution in [0.2, 0.25) is 0 Å². The van der Waals surface area contributed by atoms with Gasteiger partial charge in [-0.3, -0.25) is 0 Å². The Labute approximate surface area is 111 Å². The smallest absolute Gasteiger partial charge is 0.123 e. The first-order valence-electron chi connectivity index (χ1n) is 7.18. The van der Waals surface area contributed by atoms with E-state index < -0.39 is 0 Å². The lowest BCUT2D eigenvalue weighted by atomic mass is 9.78. The van der Waals surface area contributed by atoms with E-state index in [0.29, 0.717) is 12.0 Å². The van der Waals surface area contributed by atoms with E-state index in [1.54, 1.807) is 0 Å². The molecule has 0 saturated carbocycles. The topological polar surface area (TPSA) is 21.3 Å². The van der Waals surface area contributed by atoms with Gasteiger partial charge in [0.15, 0.2) is 0 Å². The molecular formula is C16H25NO. The van der Waals surface area contributed by atoms with E-state index in [9.17, 15) is 0 Å². The molecule has 2 atom stereocenters. The van der Waals surface area contributed by atoms with E-state index in [1.807, 2.05) is 0 Å². The summed E-state index contributed by atoms with van der Waals surface area (Å²) in [6.45, 7) is 10.5. The number of hydrogen-bond acceptors (Lipinski definition) is 2. The highest BCUT2D eigenvalue weighted by molar-refractivity contribution is 5.49. The highest BCUT2D eigenvalue weighted by atomic mass is 16.5. The van der Waals surface area contributed by atoms with Crippen molar-refractivity contribution in [3.63, 3.8) is 0 Å². The molecule has 0 amide bonds. The molecule has 1 aromatic rings. The Morgan fingerprint density at radius 3 is 2.67 bits per heavy atom. The fourth-order valence-electron chi connectivity index (χ4n) is 3.13. The minimum atomic E-state index is 0.501. The van der Waals surface area contributed by atoms with Gasteiger partial charge in [0.05, 0.1) is 6.61 Å². The van der Waals surface area contributed by atoms with Crippen LogP contribution in [-0.2, 0) is 0 Å². The molecular weight excluding hydrogens is 222 g/mol. The van der Waals surface area contributed by atoms with Gasteiger partial charge in [-0.05, 0) is 56.3 Å². The van der Waals surface area contributed by atoms with Crippen molar-refractivity contribution in [2.24, 2.45) is 0 Å². The van der Waals surface area contributed by atoms with Gasteiger partial charge in [-0.1, -0.05) is 19.9 Å². The predicted molar refractivity (Wildman–Crippen MR) is 76.4 cm³/mol. The molecule has 2 nitrogen and oxygen atoms in total. The monoisotopic (exact) mass is 247 g/mol. The van der Waals surface area contributed by atoms with Crippen LogP contribution in [0.25, 0.3) is 0 Å². The Hall–Kier alpha value is -1.02. The lowest BCUT2D eigenvalue weighted by Gasteiger charge is -2.33. The number of hydrogen-bond donors (Lipinski definition) is 1. The zero-order valence-corrected chi connectivity index (χ0v) is 12.0. The Bertz CT molecular complexity index is 414. The van der Waals surface area contributed by atoms with Crippen molar-refractivity contribution in [3.8, 4) is 5.75 Å². The average molecular weight is 247 g/mol. The van der Waals surface area contributed by atoms with E-state index in [-0.39, 0.29) is 0 Å². The van der Waals surface area contributed by atoms with Crippen molar-refractivity contribution >= 4 is 0 Å². The minimum Gasteiger partial charge on any atom is -0.494 e. The molecule has 1 aliphatic carbocycles. The van der Waals surface area contributed by atoms with Crippen molar-refractivity contribution in [1.29, 1.82) is 0 Å². The van der Waals surface area contributed by atoms with Gasteiger partial charge in [-0.25, -0.2) is 0 Å². The molecule has 0 aliphatic heterocycles. The largest absolute Gasteiger partial charge is 0.494 e. The van der Waals surface area contributed by atoms with Gasteiger partial charge in [0.25, 0.3) is 0 Å². The van der Waals surface area contributed by atoms with Crippen LogP contribution in [0.1, 0.15) is 62.3 Å². The molecule has 100 valence electrons. The molecule has 2 heteroatoms. The van der Waals surface area contributed by atoms with Crippen LogP contribution in [-0.4, -0.2) is 13.2 Å². The Morgan fingerprint density at radius 1 is 1.22 bits per heavy atom. The minimum absolute atomic E-state index is 0.501. The van der Waals surface area contributed by atoms with E-state index in [2.05, 4.69) is 45.1 Å². The van der Waals surface area contributed by atoms with E-state index in [0.717, 1.165) is 18.9 Å². The van der Waals surface area contributed by atoms with Gasteiger partial charge in [-0.15, -0.1) is 0 Å². The first-order chi connectivity index (χ1) is 8.69. The molecule has 1 aromatic carbocycles. The fraction of sp³-hybridized carbons (Fsp3) is 0.625. The molecule has 0 heterocycles. The van der Waals surface area contributed by atoms with Crippen molar-refractivity contribution in [2.45, 2.75) is 52.5 Å². The second kappa shape index (κ2) is 5.75. The van der Waals surface area contributed by atoms with Crippen LogP contribution in [0.4, 0.5) is 0 Å². The zero-order chi connectivity index (χ0) is 13.1. The maximum absolute atomic E-state index is 5.83. The summed E-state index contributed by atoms with van der Waals surface area (Å²) in [5.74, 6) is 1.70. The van der Waals surface area contributed by atoms with Crippen LogP contribution < -0.4 is 10.1 Å². The fourth-order valence-corrected chi connectivity index (χ4v) is 3.13. The summed E-state index contributed by atoms with van der Waals surface area (Å²) in [7, 11) is 0. The number of ether oxygens (including phenoxy) is 1. The lowest BCUT2D eigenvalue weighted by molar-refractivity contribution is 0.326. The van der Waals surface area contributed by atoms with Crippen LogP contribution in [0.5, 0.6) is 5.75 Å². The summed E-state index contributed by atoms with van der Waals surface area (Å²) in [5.41, 5.74) is 4.32. The summed E-state index contributed by atoms with van der Waals surface area (Å²) in [6.07, 6.45) is 2.48. The predicted octanol–water partition coefficient (Wildman–Crippen LogP) is 3.94. The van der Waals surface area contributed by atoms with Crippen molar-refractivity contribution < 1.29 is 4.74 Å². The maximum atomic E-state index is 5.83. The third-order valence-electron chi connectivity index (χ3n) is 3.95. The standard InChI is InChI=1S/C16H25NO/c1-5-17-13-9-7-12(4)16-14(18-6-2)10-8-11(3)15(13)16/h8,10,12-13,17H,5-7,9H2,1-4H3. The van der Waals surface area contributed by atoms with Crippen molar-refractivity contribution in [1.82, 2.24) is 5.32 Å². The molecule has 2 unspecified atom stereocenters. The van der Waals surface area contributed by atoms with Crippen molar-refractivity contribution in [2.75, 3.05) is 13.2 Å². The Morgan fingerprint density at radius 2 is 2.00 bits per heavy atom. The van der Waals surface area contributed by atoms with Gasteiger partial charge >= 0.3 is 0 Å². The SMILES string of the molecule is CCNC1CCC(C)c2c(OCC)ccc(C)c21. The van der Waals surface area contributed by atoms with Crippen LogP contribution in [0.15, 0.2) is 12.1 Å². The molecule has 0 fully saturated rings. The second-order valence-electron chi connectivity index (χ2n) is 5.23.